The molecule has 0 unspecified atom stereocenters. The summed E-state index contributed by atoms with van der Waals surface area (Å²) >= 11 is 2.24. The number of thiophene rings is 2. The molecule has 1 aliphatic rings. The first-order chi connectivity index (χ1) is 11.5. The van der Waals surface area contributed by atoms with Crippen LogP contribution in [0, 0.1) is 21.4 Å². The summed E-state index contributed by atoms with van der Waals surface area (Å²) in [4.78, 5) is 26.2. The van der Waals surface area contributed by atoms with E-state index in [-0.39, 0.29) is 9.88 Å². The zero-order valence-corrected chi connectivity index (χ0v) is 14.5. The molecule has 124 valence electrons. The normalized spacial score (nSPS) is 14.0. The molecule has 3 rings (SSSR count). The molecule has 1 aliphatic heterocycles. The molecule has 0 fully saturated rings. The second kappa shape index (κ2) is 6.68. The van der Waals surface area contributed by atoms with Gasteiger partial charge in [-0.15, -0.1) is 11.3 Å². The van der Waals surface area contributed by atoms with E-state index in [2.05, 4.69) is 23.2 Å². The van der Waals surface area contributed by atoms with Gasteiger partial charge in [0.1, 0.15) is 11.1 Å². The maximum atomic E-state index is 12.3. The molecule has 0 atom stereocenters. The highest BCUT2D eigenvalue weighted by Crippen LogP contribution is 2.37. The number of hydrogen-bond acceptors (Lipinski definition) is 7. The molecule has 0 aliphatic carbocycles. The quantitative estimate of drug-likeness (QED) is 0.665. The number of hydrogen-bond donors (Lipinski definition) is 1. The topological polar surface area (TPSA) is 99.3 Å². The smallest absolute Gasteiger partial charge is 0.312 e. The van der Waals surface area contributed by atoms with Crippen molar-refractivity contribution in [1.29, 1.82) is 5.26 Å². The van der Waals surface area contributed by atoms with E-state index in [1.807, 2.05) is 0 Å². The highest BCUT2D eigenvalue weighted by molar-refractivity contribution is 7.18. The zero-order valence-electron chi connectivity index (χ0n) is 12.9. The molecule has 9 heteroatoms. The zero-order chi connectivity index (χ0) is 17.3. The van der Waals surface area contributed by atoms with Gasteiger partial charge in [-0.3, -0.25) is 19.8 Å². The molecule has 2 aromatic rings. The van der Waals surface area contributed by atoms with Crippen LogP contribution in [0.5, 0.6) is 0 Å². The summed E-state index contributed by atoms with van der Waals surface area (Å²) in [6, 6.07) is 4.93. The molecule has 2 aromatic heterocycles. The van der Waals surface area contributed by atoms with E-state index < -0.39 is 10.8 Å². The molecule has 0 spiro atoms. The molecule has 1 N–H and O–H groups in total. The summed E-state index contributed by atoms with van der Waals surface area (Å²) in [5.41, 5.74) is 1.53. The number of nitrogens with zero attached hydrogens (tertiary/aromatic N) is 3. The number of carbonyl (C=O) groups is 1. The van der Waals surface area contributed by atoms with E-state index >= 15 is 0 Å². The van der Waals surface area contributed by atoms with Gasteiger partial charge in [0.2, 0.25) is 0 Å². The molecule has 1 amide bonds. The summed E-state index contributed by atoms with van der Waals surface area (Å²) in [5, 5.41) is 23.4. The minimum Gasteiger partial charge on any atom is -0.312 e. The van der Waals surface area contributed by atoms with Crippen LogP contribution in [0.15, 0.2) is 12.1 Å². The Morgan fingerprint density at radius 1 is 1.50 bits per heavy atom. The number of nitro groups is 1. The fourth-order valence-corrected chi connectivity index (χ4v) is 4.60. The molecule has 7 nitrogen and oxygen atoms in total. The number of anilines is 1. The van der Waals surface area contributed by atoms with E-state index in [4.69, 9.17) is 0 Å². The molecule has 0 aromatic carbocycles. The van der Waals surface area contributed by atoms with Crippen LogP contribution in [0.1, 0.15) is 32.6 Å². The lowest BCUT2D eigenvalue weighted by molar-refractivity contribution is -0.380. The lowest BCUT2D eigenvalue weighted by Gasteiger charge is -2.24. The monoisotopic (exact) mass is 362 g/mol. The Kier molecular flexibility index (Phi) is 4.62. The Morgan fingerprint density at radius 2 is 2.29 bits per heavy atom. The predicted molar refractivity (Wildman–Crippen MR) is 92.6 cm³/mol. The van der Waals surface area contributed by atoms with Crippen molar-refractivity contribution in [3.63, 3.8) is 0 Å². The molecule has 0 bridgehead atoms. The minimum absolute atomic E-state index is 0.0790. The van der Waals surface area contributed by atoms with Gasteiger partial charge in [-0.2, -0.15) is 5.26 Å². The lowest BCUT2D eigenvalue weighted by atomic mass is 10.0. The Morgan fingerprint density at radius 3 is 2.92 bits per heavy atom. The number of nitrogens with one attached hydrogen (secondary N) is 1. The molecule has 0 radical (unpaired) electrons. The first kappa shape index (κ1) is 16.6. The molecular formula is C15H14N4O3S2. The largest absolute Gasteiger partial charge is 0.324 e. The number of nitriles is 1. The van der Waals surface area contributed by atoms with Crippen LogP contribution in [0.4, 0.5) is 10.0 Å². The summed E-state index contributed by atoms with van der Waals surface area (Å²) in [6.45, 7) is 4.72. The number of amides is 1. The summed E-state index contributed by atoms with van der Waals surface area (Å²) in [7, 11) is 0. The molecule has 0 saturated carbocycles. The van der Waals surface area contributed by atoms with Crippen LogP contribution in [-0.4, -0.2) is 28.8 Å². The van der Waals surface area contributed by atoms with Crippen LogP contribution >= 0.6 is 22.7 Å². The maximum absolute atomic E-state index is 12.3. The summed E-state index contributed by atoms with van der Waals surface area (Å²) in [5.74, 6) is -0.421. The van der Waals surface area contributed by atoms with Gasteiger partial charge in [0, 0.05) is 24.0 Å². The SMILES string of the molecule is CCN1CCc2c(sc(NC(=O)c3ccc([N+](=O)[O-])s3)c2C#N)C1. The summed E-state index contributed by atoms with van der Waals surface area (Å²) in [6.07, 6.45) is 0.795. The van der Waals surface area contributed by atoms with Gasteiger partial charge < -0.3 is 5.32 Å². The number of likely N-dealkylation sites (N-methyl/N-ethyl adjacent to an activating group) is 1. The fraction of sp³-hybridized carbons (Fsp3) is 0.333. The third-order valence-corrected chi connectivity index (χ3v) is 6.09. The Bertz CT molecular complexity index is 850. The van der Waals surface area contributed by atoms with Crippen LogP contribution in [0.3, 0.4) is 0 Å². The highest BCUT2D eigenvalue weighted by Gasteiger charge is 2.25. The molecular weight excluding hydrogens is 348 g/mol. The molecule has 24 heavy (non-hydrogen) atoms. The van der Waals surface area contributed by atoms with Gasteiger partial charge >= 0.3 is 5.00 Å². The van der Waals surface area contributed by atoms with E-state index in [1.54, 1.807) is 0 Å². The maximum Gasteiger partial charge on any atom is 0.324 e. The molecule has 0 saturated heterocycles. The summed E-state index contributed by atoms with van der Waals surface area (Å²) < 4.78 is 0. The van der Waals surface area contributed by atoms with Crippen molar-refractivity contribution in [3.8, 4) is 6.07 Å². The van der Waals surface area contributed by atoms with Crippen molar-refractivity contribution in [2.45, 2.75) is 19.9 Å². The second-order valence-corrected chi connectivity index (χ2v) is 7.46. The van der Waals surface area contributed by atoms with Crippen LogP contribution in [0.2, 0.25) is 0 Å². The highest BCUT2D eigenvalue weighted by atomic mass is 32.1. The van der Waals surface area contributed by atoms with Crippen molar-refractivity contribution < 1.29 is 9.72 Å². The van der Waals surface area contributed by atoms with Gasteiger partial charge in [-0.25, -0.2) is 0 Å². The minimum atomic E-state index is -0.522. The Balaban J connectivity index is 1.85. The van der Waals surface area contributed by atoms with Crippen LogP contribution in [-0.2, 0) is 13.0 Å². The van der Waals surface area contributed by atoms with Crippen molar-refractivity contribution in [2.75, 3.05) is 18.4 Å². The van der Waals surface area contributed by atoms with E-state index in [0.717, 1.165) is 47.8 Å². The van der Waals surface area contributed by atoms with Gasteiger partial charge in [0.25, 0.3) is 5.91 Å². The number of fused-ring (bicyclic) bond motifs is 1. The average molecular weight is 362 g/mol. The van der Waals surface area contributed by atoms with Crippen LogP contribution in [0.25, 0.3) is 0 Å². The third-order valence-electron chi connectivity index (χ3n) is 3.92. The Hall–Kier alpha value is -2.28. The fourth-order valence-electron chi connectivity index (χ4n) is 2.65. The standard InChI is InChI=1S/C15H14N4O3S2/c1-2-18-6-5-9-10(7-16)15(24-12(9)8-18)17-14(20)11-3-4-13(23-11)19(21)22/h3-4H,2,5-6,8H2,1H3,(H,17,20). The van der Waals surface area contributed by atoms with E-state index in [9.17, 15) is 20.2 Å². The van der Waals surface area contributed by atoms with Crippen molar-refractivity contribution in [2.24, 2.45) is 0 Å². The number of carbonyl (C=O) groups excluding carboxylic acids is 1. The second-order valence-electron chi connectivity index (χ2n) is 5.29. The Labute approximate surface area is 146 Å². The van der Waals surface area contributed by atoms with Gasteiger partial charge in [0.05, 0.1) is 15.4 Å². The number of rotatable bonds is 4. The van der Waals surface area contributed by atoms with Gasteiger partial charge in [0.15, 0.2) is 0 Å². The molecule has 3 heterocycles. The average Bonchev–Trinajstić information content (AvgIpc) is 3.18. The van der Waals surface area contributed by atoms with E-state index in [1.165, 1.54) is 23.5 Å². The van der Waals surface area contributed by atoms with Crippen molar-refractivity contribution in [1.82, 2.24) is 4.90 Å². The van der Waals surface area contributed by atoms with Gasteiger partial charge in [-0.05, 0) is 24.6 Å². The first-order valence-electron chi connectivity index (χ1n) is 7.36. The predicted octanol–water partition coefficient (Wildman–Crippen LogP) is 3.22. The van der Waals surface area contributed by atoms with E-state index in [0.29, 0.717) is 10.6 Å². The van der Waals surface area contributed by atoms with Crippen molar-refractivity contribution >= 4 is 38.6 Å². The third kappa shape index (κ3) is 3.03. The first-order valence-corrected chi connectivity index (χ1v) is 8.99. The van der Waals surface area contributed by atoms with Crippen molar-refractivity contribution in [3.05, 3.63) is 43.1 Å². The van der Waals surface area contributed by atoms with Gasteiger partial charge in [-0.1, -0.05) is 18.3 Å². The lowest BCUT2D eigenvalue weighted by Crippen LogP contribution is -2.29. The van der Waals surface area contributed by atoms with Crippen LogP contribution < -0.4 is 5.32 Å².